The predicted molar refractivity (Wildman–Crippen MR) is 53.2 cm³/mol. The quantitative estimate of drug-likeness (QED) is 0.837. The molecule has 0 saturated carbocycles. The van der Waals surface area contributed by atoms with Crippen molar-refractivity contribution in [2.45, 2.75) is 0 Å². The van der Waals surface area contributed by atoms with Crippen LogP contribution in [0.15, 0.2) is 17.0 Å². The van der Waals surface area contributed by atoms with E-state index < -0.39 is 5.97 Å². The Morgan fingerprint density at radius 2 is 2.29 bits per heavy atom. The molecule has 0 fully saturated rings. The Kier molecular flexibility index (Phi) is 1.99. The van der Waals surface area contributed by atoms with Gasteiger partial charge in [-0.3, -0.25) is 0 Å². The summed E-state index contributed by atoms with van der Waals surface area (Å²) in [7, 11) is 1.80. The summed E-state index contributed by atoms with van der Waals surface area (Å²) in [5.41, 5.74) is 0.617. The van der Waals surface area contributed by atoms with Crippen molar-refractivity contribution in [2.75, 3.05) is 0 Å². The molecule has 72 valence electrons. The Bertz CT molecular complexity index is 521. The Hall–Kier alpha value is -1.43. The molecule has 6 heteroatoms. The zero-order chi connectivity index (χ0) is 10.3. The number of fused-ring (bicyclic) bond motifs is 1. The highest BCUT2D eigenvalue weighted by Gasteiger charge is 2.16. The molecule has 2 aromatic rings. The van der Waals surface area contributed by atoms with E-state index in [4.69, 9.17) is 5.11 Å². The summed E-state index contributed by atoms with van der Waals surface area (Å²) < 4.78 is 2.43. The van der Waals surface area contributed by atoms with Crippen molar-refractivity contribution in [1.82, 2.24) is 14.5 Å². The average molecular weight is 256 g/mol. The number of hydrogen-bond donors (Lipinski definition) is 1. The van der Waals surface area contributed by atoms with Crippen LogP contribution in [0.5, 0.6) is 0 Å². The van der Waals surface area contributed by atoms with Crippen molar-refractivity contribution in [2.24, 2.45) is 7.05 Å². The van der Waals surface area contributed by atoms with E-state index in [1.54, 1.807) is 17.8 Å². The summed E-state index contributed by atoms with van der Waals surface area (Å²) in [5, 5.41) is 9.43. The van der Waals surface area contributed by atoms with Gasteiger partial charge in [-0.05, 0) is 15.9 Å². The van der Waals surface area contributed by atoms with Crippen molar-refractivity contribution in [3.05, 3.63) is 22.7 Å². The topological polar surface area (TPSA) is 68.0 Å². The minimum Gasteiger partial charge on any atom is -0.476 e. The van der Waals surface area contributed by atoms with Gasteiger partial charge in [-0.25, -0.2) is 14.8 Å². The van der Waals surface area contributed by atoms with Crippen LogP contribution in [0.3, 0.4) is 0 Å². The van der Waals surface area contributed by atoms with Crippen LogP contribution in [0.2, 0.25) is 0 Å². The van der Waals surface area contributed by atoms with Gasteiger partial charge in [-0.1, -0.05) is 0 Å². The zero-order valence-corrected chi connectivity index (χ0v) is 8.82. The van der Waals surface area contributed by atoms with Crippen molar-refractivity contribution in [1.29, 1.82) is 0 Å². The Morgan fingerprint density at radius 3 is 2.93 bits per heavy atom. The molecule has 0 radical (unpaired) electrons. The number of aromatic nitrogens is 3. The maximum Gasteiger partial charge on any atom is 0.355 e. The lowest BCUT2D eigenvalue weighted by molar-refractivity contribution is 0.0692. The molecule has 2 aromatic heterocycles. The summed E-state index contributed by atoms with van der Waals surface area (Å²) in [6.45, 7) is 0. The van der Waals surface area contributed by atoms with E-state index in [0.717, 1.165) is 0 Å². The van der Waals surface area contributed by atoms with Crippen molar-refractivity contribution < 1.29 is 9.90 Å². The van der Waals surface area contributed by atoms with Gasteiger partial charge < -0.3 is 9.67 Å². The third-order valence-corrected chi connectivity index (χ3v) is 2.51. The number of rotatable bonds is 1. The Balaban J connectivity index is 2.92. The second kappa shape index (κ2) is 3.06. The van der Waals surface area contributed by atoms with Gasteiger partial charge in [0.05, 0.1) is 5.39 Å². The molecule has 14 heavy (non-hydrogen) atoms. The Labute approximate surface area is 87.5 Å². The lowest BCUT2D eigenvalue weighted by Crippen LogP contribution is -2.02. The number of halogens is 1. The Morgan fingerprint density at radius 1 is 1.57 bits per heavy atom. The predicted octanol–water partition coefficient (Wildman–Crippen LogP) is 1.43. The first-order valence-corrected chi connectivity index (χ1v) is 4.59. The van der Waals surface area contributed by atoms with E-state index in [9.17, 15) is 4.79 Å². The number of carbonyl (C=O) groups is 1. The molecule has 0 saturated heterocycles. The third-order valence-electron chi connectivity index (χ3n) is 1.91. The van der Waals surface area contributed by atoms with Gasteiger partial charge in [0.2, 0.25) is 0 Å². The summed E-state index contributed by atoms with van der Waals surface area (Å²) in [4.78, 5) is 18.6. The number of carboxylic acids is 1. The van der Waals surface area contributed by atoms with Crippen LogP contribution in [0, 0.1) is 0 Å². The van der Waals surface area contributed by atoms with Gasteiger partial charge in [-0.2, -0.15) is 0 Å². The second-order valence-electron chi connectivity index (χ2n) is 2.81. The van der Waals surface area contributed by atoms with Crippen LogP contribution in [-0.2, 0) is 7.05 Å². The SMILES string of the molecule is Cn1cc(Br)c2c(C(=O)O)ncnc21. The molecule has 0 bridgehead atoms. The summed E-state index contributed by atoms with van der Waals surface area (Å²) in [6.07, 6.45) is 3.00. The van der Waals surface area contributed by atoms with Gasteiger partial charge in [-0.15, -0.1) is 0 Å². The van der Waals surface area contributed by atoms with Gasteiger partial charge in [0.1, 0.15) is 12.0 Å². The highest BCUT2D eigenvalue weighted by molar-refractivity contribution is 9.10. The molecule has 0 aliphatic heterocycles. The summed E-state index contributed by atoms with van der Waals surface area (Å²) >= 11 is 3.27. The highest BCUT2D eigenvalue weighted by atomic mass is 79.9. The molecule has 0 unspecified atom stereocenters. The number of hydrogen-bond acceptors (Lipinski definition) is 3. The van der Waals surface area contributed by atoms with Gasteiger partial charge in [0, 0.05) is 17.7 Å². The molecule has 5 nitrogen and oxygen atoms in total. The fourth-order valence-corrected chi connectivity index (χ4v) is 1.99. The van der Waals surface area contributed by atoms with E-state index in [2.05, 4.69) is 25.9 Å². The molecule has 0 amide bonds. The van der Waals surface area contributed by atoms with Crippen LogP contribution >= 0.6 is 15.9 Å². The highest BCUT2D eigenvalue weighted by Crippen LogP contribution is 2.25. The molecule has 0 aliphatic carbocycles. The van der Waals surface area contributed by atoms with E-state index in [1.165, 1.54) is 6.33 Å². The number of aromatic carboxylic acids is 1. The number of aryl methyl sites for hydroxylation is 1. The smallest absolute Gasteiger partial charge is 0.355 e. The molecule has 1 N–H and O–H groups in total. The van der Waals surface area contributed by atoms with Gasteiger partial charge in [0.15, 0.2) is 5.69 Å². The second-order valence-corrected chi connectivity index (χ2v) is 3.67. The van der Waals surface area contributed by atoms with E-state index >= 15 is 0 Å². The molecule has 2 heterocycles. The normalized spacial score (nSPS) is 10.7. The molecule has 0 aromatic carbocycles. The fraction of sp³-hybridized carbons (Fsp3) is 0.125. The van der Waals surface area contributed by atoms with E-state index in [0.29, 0.717) is 15.5 Å². The molecular formula is C8H6BrN3O2. The first-order chi connectivity index (χ1) is 6.61. The molecular weight excluding hydrogens is 250 g/mol. The molecule has 0 atom stereocenters. The van der Waals surface area contributed by atoms with Crippen molar-refractivity contribution in [3.8, 4) is 0 Å². The molecule has 2 rings (SSSR count). The minimum absolute atomic E-state index is 0.0162. The van der Waals surface area contributed by atoms with Gasteiger partial charge >= 0.3 is 5.97 Å². The van der Waals surface area contributed by atoms with Crippen LogP contribution < -0.4 is 0 Å². The maximum atomic E-state index is 10.9. The van der Waals surface area contributed by atoms with E-state index in [-0.39, 0.29) is 5.69 Å². The standard InChI is InChI=1S/C8H6BrN3O2/c1-12-2-4(9)5-6(8(13)14)10-3-11-7(5)12/h2-3H,1H3,(H,13,14). The lowest BCUT2D eigenvalue weighted by Gasteiger charge is -1.97. The molecule has 0 spiro atoms. The largest absolute Gasteiger partial charge is 0.476 e. The zero-order valence-electron chi connectivity index (χ0n) is 7.23. The summed E-state index contributed by atoms with van der Waals surface area (Å²) in [6, 6.07) is 0. The van der Waals surface area contributed by atoms with E-state index in [1.807, 2.05) is 0 Å². The van der Waals surface area contributed by atoms with Crippen LogP contribution in [0.25, 0.3) is 11.0 Å². The van der Waals surface area contributed by atoms with Crippen molar-refractivity contribution >= 4 is 32.9 Å². The lowest BCUT2D eigenvalue weighted by atomic mass is 10.3. The first kappa shape index (κ1) is 9.14. The average Bonchev–Trinajstić information content (AvgIpc) is 2.43. The maximum absolute atomic E-state index is 10.9. The summed E-state index contributed by atoms with van der Waals surface area (Å²) in [5.74, 6) is -1.05. The monoisotopic (exact) mass is 255 g/mol. The third kappa shape index (κ3) is 1.19. The van der Waals surface area contributed by atoms with Crippen molar-refractivity contribution in [3.63, 3.8) is 0 Å². The first-order valence-electron chi connectivity index (χ1n) is 3.80. The fourth-order valence-electron chi connectivity index (χ4n) is 1.32. The van der Waals surface area contributed by atoms with Crippen LogP contribution in [0.4, 0.5) is 0 Å². The van der Waals surface area contributed by atoms with Crippen LogP contribution in [0.1, 0.15) is 10.5 Å². The number of nitrogens with zero attached hydrogens (tertiary/aromatic N) is 3. The minimum atomic E-state index is -1.05. The van der Waals surface area contributed by atoms with Crippen LogP contribution in [-0.4, -0.2) is 25.6 Å². The number of carboxylic acid groups (broad SMARTS) is 1. The molecule has 0 aliphatic rings. The van der Waals surface area contributed by atoms with Gasteiger partial charge in [0.25, 0.3) is 0 Å².